The molecule has 4 amide bonds. The second-order valence-corrected chi connectivity index (χ2v) is 16.0. The molecular weight excluding hydrogens is 684 g/mol. The highest BCUT2D eigenvalue weighted by atomic mass is 16.5. The average Bonchev–Trinajstić information content (AvgIpc) is 3.62. The van der Waals surface area contributed by atoms with E-state index in [-0.39, 0.29) is 59.9 Å². The molecule has 3 rings (SSSR count). The second kappa shape index (κ2) is 20.9. The number of methoxy groups -OCH3 is 2. The van der Waals surface area contributed by atoms with Gasteiger partial charge >= 0.3 is 0 Å². The van der Waals surface area contributed by atoms with Crippen molar-refractivity contribution < 1.29 is 28.7 Å². The van der Waals surface area contributed by atoms with Gasteiger partial charge in [-0.2, -0.15) is 0 Å². The largest absolute Gasteiger partial charge is 0.379 e. The van der Waals surface area contributed by atoms with Crippen molar-refractivity contribution in [1.82, 2.24) is 30.3 Å². The van der Waals surface area contributed by atoms with Crippen molar-refractivity contribution in [3.8, 4) is 0 Å². The number of nitrogens with zero attached hydrogens (tertiary/aromatic N) is 4. The number of hydrogen-bond donors (Lipinski definition) is 2. The smallest absolute Gasteiger partial charge is 0.245 e. The number of amides is 4. The van der Waals surface area contributed by atoms with Crippen LogP contribution < -0.4 is 10.6 Å². The lowest BCUT2D eigenvalue weighted by Gasteiger charge is -2.41. The zero-order valence-electron chi connectivity index (χ0n) is 34.9. The Kier molecular flexibility index (Phi) is 17.3. The van der Waals surface area contributed by atoms with Crippen LogP contribution in [0.4, 0.5) is 0 Å². The third kappa shape index (κ3) is 11.0. The highest BCUT2D eigenvalue weighted by Gasteiger charge is 2.43. The molecular formula is C42H68N6O6. The van der Waals surface area contributed by atoms with Crippen molar-refractivity contribution in [2.75, 3.05) is 48.5 Å². The summed E-state index contributed by atoms with van der Waals surface area (Å²) < 4.78 is 12.0. The zero-order chi connectivity index (χ0) is 40.3. The Balaban J connectivity index is 1.73. The fraction of sp³-hybridized carbons (Fsp3) is 0.690. The van der Waals surface area contributed by atoms with Crippen LogP contribution in [0, 0.1) is 23.7 Å². The molecule has 1 unspecified atom stereocenters. The number of benzene rings is 1. The molecule has 12 heteroatoms. The number of pyridine rings is 1. The summed E-state index contributed by atoms with van der Waals surface area (Å²) in [6, 6.07) is 6.27. The number of aromatic nitrogens is 1. The van der Waals surface area contributed by atoms with Gasteiger partial charge in [-0.05, 0) is 68.1 Å². The predicted octanol–water partition coefficient (Wildman–Crippen LogP) is 4.54. The molecule has 1 aliphatic heterocycles. The molecule has 54 heavy (non-hydrogen) atoms. The molecule has 1 aromatic heterocycles. The number of hydrogen-bond acceptors (Lipinski definition) is 8. The van der Waals surface area contributed by atoms with Gasteiger partial charge in [0.1, 0.15) is 6.04 Å². The number of ether oxygens (including phenoxy) is 2. The van der Waals surface area contributed by atoms with Gasteiger partial charge in [0.15, 0.2) is 0 Å². The summed E-state index contributed by atoms with van der Waals surface area (Å²) in [7, 11) is 8.66. The van der Waals surface area contributed by atoms with Crippen LogP contribution in [0.15, 0.2) is 36.7 Å². The Hall–Kier alpha value is -3.61. The van der Waals surface area contributed by atoms with Crippen LogP contribution in [0.1, 0.15) is 79.7 Å². The first kappa shape index (κ1) is 44.8. The Morgan fingerprint density at radius 1 is 0.963 bits per heavy atom. The van der Waals surface area contributed by atoms with E-state index in [1.807, 2.05) is 76.8 Å². The average molecular weight is 753 g/mol. The first-order chi connectivity index (χ1) is 25.6. The van der Waals surface area contributed by atoms with Crippen molar-refractivity contribution in [3.05, 3.63) is 42.2 Å². The lowest BCUT2D eigenvalue weighted by Crippen LogP contribution is -2.59. The maximum Gasteiger partial charge on any atom is 0.245 e. The minimum absolute atomic E-state index is 0.000330. The second-order valence-electron chi connectivity index (χ2n) is 16.0. The zero-order valence-corrected chi connectivity index (χ0v) is 34.9. The SMILES string of the molecule is CC[C@H](C)C([C@@H](CC(=O)N1CCC[C@H]1[C@H](OC)[C@@H](C)C(=O)NCCc1cccc2ccncc12)OC)N(C)C(=O)[C@@H](NC(=O)[C@H](C(C)C)N(C)C)C(C)C. The number of likely N-dealkylation sites (N-methyl/N-ethyl adjacent to an activating group) is 2. The Bertz CT molecular complexity index is 1520. The molecule has 12 nitrogen and oxygen atoms in total. The van der Waals surface area contributed by atoms with E-state index in [0.29, 0.717) is 19.5 Å². The number of likely N-dealkylation sites (tertiary alicyclic amines) is 1. The summed E-state index contributed by atoms with van der Waals surface area (Å²) in [4.78, 5) is 65.0. The van der Waals surface area contributed by atoms with Crippen LogP contribution in [-0.4, -0.2) is 128 Å². The first-order valence-electron chi connectivity index (χ1n) is 19.8. The van der Waals surface area contributed by atoms with Crippen molar-refractivity contribution in [1.29, 1.82) is 0 Å². The molecule has 0 spiro atoms. The van der Waals surface area contributed by atoms with E-state index in [2.05, 4.69) is 41.6 Å². The summed E-state index contributed by atoms with van der Waals surface area (Å²) >= 11 is 0. The number of carbonyl (C=O) groups excluding carboxylic acids is 4. The number of rotatable bonds is 20. The molecule has 0 radical (unpaired) electrons. The monoisotopic (exact) mass is 753 g/mol. The van der Waals surface area contributed by atoms with E-state index in [1.165, 1.54) is 0 Å². The van der Waals surface area contributed by atoms with Gasteiger partial charge in [-0.15, -0.1) is 0 Å². The van der Waals surface area contributed by atoms with Crippen LogP contribution in [-0.2, 0) is 35.1 Å². The van der Waals surface area contributed by atoms with Gasteiger partial charge < -0.3 is 29.9 Å². The van der Waals surface area contributed by atoms with Gasteiger partial charge in [0.25, 0.3) is 0 Å². The molecule has 302 valence electrons. The molecule has 2 heterocycles. The van der Waals surface area contributed by atoms with Gasteiger partial charge in [0.2, 0.25) is 23.6 Å². The maximum absolute atomic E-state index is 14.2. The van der Waals surface area contributed by atoms with Crippen molar-refractivity contribution in [2.45, 2.75) is 117 Å². The van der Waals surface area contributed by atoms with Gasteiger partial charge in [0.05, 0.1) is 42.7 Å². The third-order valence-corrected chi connectivity index (χ3v) is 11.4. The van der Waals surface area contributed by atoms with Crippen molar-refractivity contribution >= 4 is 34.4 Å². The topological polar surface area (TPSA) is 133 Å². The van der Waals surface area contributed by atoms with Crippen LogP contribution in [0.25, 0.3) is 10.8 Å². The quantitative estimate of drug-likeness (QED) is 0.202. The Labute approximate surface area is 324 Å². The van der Waals surface area contributed by atoms with E-state index in [0.717, 1.165) is 35.6 Å². The molecule has 1 aromatic carbocycles. The van der Waals surface area contributed by atoms with Gasteiger partial charge in [0, 0.05) is 52.1 Å². The summed E-state index contributed by atoms with van der Waals surface area (Å²) in [6.45, 7) is 14.8. The maximum atomic E-state index is 14.2. The molecule has 2 N–H and O–H groups in total. The van der Waals surface area contributed by atoms with Crippen LogP contribution in [0.3, 0.4) is 0 Å². The molecule has 0 aliphatic carbocycles. The van der Waals surface area contributed by atoms with Crippen LogP contribution in [0.2, 0.25) is 0 Å². The Morgan fingerprint density at radius 2 is 1.67 bits per heavy atom. The summed E-state index contributed by atoms with van der Waals surface area (Å²) in [5.41, 5.74) is 1.12. The molecule has 8 atom stereocenters. The van der Waals surface area contributed by atoms with Crippen LogP contribution >= 0.6 is 0 Å². The standard InChI is InChI=1S/C42H68N6O6/c1-13-28(6)38(47(10)42(52)36(26(2)3)45-41(51)37(27(4)5)46(8)9)34(53-11)24-35(49)48-23-15-18-33(48)39(54-12)29(7)40(50)44-22-20-31-17-14-16-30-19-21-43-25-32(30)31/h14,16-17,19,21,25-29,33-34,36-39H,13,15,18,20,22-24H2,1-12H3,(H,44,50)(H,45,51)/t28-,29+,33-,34+,36-,37-,38?,39+/m0/s1. The normalized spacial score (nSPS) is 18.6. The summed E-state index contributed by atoms with van der Waals surface area (Å²) in [5, 5.41) is 8.33. The van der Waals surface area contributed by atoms with Gasteiger partial charge in [-0.3, -0.25) is 29.1 Å². The third-order valence-electron chi connectivity index (χ3n) is 11.4. The van der Waals surface area contributed by atoms with Crippen molar-refractivity contribution in [3.63, 3.8) is 0 Å². The molecule has 0 bridgehead atoms. The number of fused-ring (bicyclic) bond motifs is 1. The van der Waals surface area contributed by atoms with E-state index in [1.54, 1.807) is 32.4 Å². The highest BCUT2D eigenvalue weighted by Crippen LogP contribution is 2.30. The minimum atomic E-state index is -0.745. The fourth-order valence-electron chi connectivity index (χ4n) is 8.29. The molecule has 2 aromatic rings. The highest BCUT2D eigenvalue weighted by molar-refractivity contribution is 5.90. The number of nitrogens with one attached hydrogen (secondary N) is 2. The summed E-state index contributed by atoms with van der Waals surface area (Å²) in [6.07, 6.45) is 5.53. The van der Waals surface area contributed by atoms with Crippen LogP contribution in [0.5, 0.6) is 0 Å². The molecule has 1 aliphatic rings. The minimum Gasteiger partial charge on any atom is -0.379 e. The van der Waals surface area contributed by atoms with Crippen molar-refractivity contribution in [2.24, 2.45) is 23.7 Å². The van der Waals surface area contributed by atoms with Gasteiger partial charge in [-0.25, -0.2) is 0 Å². The lowest BCUT2D eigenvalue weighted by molar-refractivity contribution is -0.148. The molecule has 1 saturated heterocycles. The summed E-state index contributed by atoms with van der Waals surface area (Å²) in [5.74, 6) is -1.23. The first-order valence-corrected chi connectivity index (χ1v) is 19.8. The van der Waals surface area contributed by atoms with E-state index in [4.69, 9.17) is 9.47 Å². The van der Waals surface area contributed by atoms with E-state index < -0.39 is 30.2 Å². The lowest BCUT2D eigenvalue weighted by atomic mass is 9.89. The number of carbonyl (C=O) groups is 4. The van der Waals surface area contributed by atoms with Gasteiger partial charge in [-0.1, -0.05) is 73.1 Å². The molecule has 0 saturated carbocycles. The molecule has 1 fully saturated rings. The Morgan fingerprint density at radius 3 is 2.26 bits per heavy atom. The van der Waals surface area contributed by atoms with E-state index in [9.17, 15) is 19.2 Å². The van der Waals surface area contributed by atoms with E-state index >= 15 is 0 Å². The predicted molar refractivity (Wildman–Crippen MR) is 214 cm³/mol. The fourth-order valence-corrected chi connectivity index (χ4v) is 8.29.